The van der Waals surface area contributed by atoms with Crippen LogP contribution in [0.25, 0.3) is 10.9 Å². The molecule has 3 heteroatoms. The monoisotopic (exact) mass is 292 g/mol. The zero-order chi connectivity index (χ0) is 12.3. The number of rotatable bonds is 4. The number of hydrogen-bond donors (Lipinski definition) is 1. The lowest BCUT2D eigenvalue weighted by molar-refractivity contribution is 0.718. The van der Waals surface area contributed by atoms with Crippen molar-refractivity contribution in [2.45, 2.75) is 32.6 Å². The highest BCUT2D eigenvalue weighted by atomic mass is 79.9. The van der Waals surface area contributed by atoms with Gasteiger partial charge in [-0.3, -0.25) is 0 Å². The molecule has 0 aliphatic rings. The molecule has 1 heterocycles. The first-order valence-corrected chi connectivity index (χ1v) is 6.85. The van der Waals surface area contributed by atoms with Crippen molar-refractivity contribution in [3.05, 3.63) is 34.3 Å². The van der Waals surface area contributed by atoms with Crippen LogP contribution in [0.1, 0.15) is 31.7 Å². The fourth-order valence-electron chi connectivity index (χ4n) is 1.98. The lowest BCUT2D eigenvalue weighted by Crippen LogP contribution is -1.99. The molecule has 0 aliphatic carbocycles. The quantitative estimate of drug-likeness (QED) is 0.853. The second-order valence-electron chi connectivity index (χ2n) is 4.30. The second-order valence-corrected chi connectivity index (χ2v) is 5.15. The number of unbranched alkanes of at least 4 members (excludes halogenated alkanes) is 2. The Labute approximate surface area is 110 Å². The molecule has 0 spiro atoms. The lowest BCUT2D eigenvalue weighted by atomic mass is 10.1. The summed E-state index contributed by atoms with van der Waals surface area (Å²) in [4.78, 5) is 4.46. The van der Waals surface area contributed by atoms with E-state index in [4.69, 9.17) is 5.73 Å². The second kappa shape index (κ2) is 5.50. The molecule has 90 valence electrons. The van der Waals surface area contributed by atoms with Gasteiger partial charge in [0.15, 0.2) is 0 Å². The van der Waals surface area contributed by atoms with E-state index in [2.05, 4.69) is 33.9 Å². The zero-order valence-corrected chi connectivity index (χ0v) is 11.6. The molecule has 0 saturated carbocycles. The van der Waals surface area contributed by atoms with Crippen LogP contribution in [0, 0.1) is 0 Å². The molecule has 2 rings (SSSR count). The van der Waals surface area contributed by atoms with Gasteiger partial charge in [0.1, 0.15) is 5.82 Å². The summed E-state index contributed by atoms with van der Waals surface area (Å²) in [7, 11) is 0. The summed E-state index contributed by atoms with van der Waals surface area (Å²) in [6, 6.07) is 8.18. The Morgan fingerprint density at radius 2 is 2.12 bits per heavy atom. The molecule has 0 fully saturated rings. The van der Waals surface area contributed by atoms with Gasteiger partial charge in [-0.2, -0.15) is 0 Å². The van der Waals surface area contributed by atoms with Crippen LogP contribution in [0.2, 0.25) is 0 Å². The molecular formula is C14H17BrN2. The first-order valence-electron chi connectivity index (χ1n) is 6.06. The molecule has 0 unspecified atom stereocenters. The van der Waals surface area contributed by atoms with E-state index in [0.717, 1.165) is 27.4 Å². The summed E-state index contributed by atoms with van der Waals surface area (Å²) in [6.07, 6.45) is 4.67. The van der Waals surface area contributed by atoms with Crippen LogP contribution in [-0.4, -0.2) is 4.98 Å². The maximum Gasteiger partial charge on any atom is 0.127 e. The molecule has 0 atom stereocenters. The van der Waals surface area contributed by atoms with Crippen LogP contribution in [0.4, 0.5) is 5.82 Å². The van der Waals surface area contributed by atoms with Gasteiger partial charge in [0.25, 0.3) is 0 Å². The van der Waals surface area contributed by atoms with Crippen LogP contribution in [0.3, 0.4) is 0 Å². The number of nitrogen functional groups attached to an aromatic ring is 1. The van der Waals surface area contributed by atoms with Crippen LogP contribution in [0.15, 0.2) is 28.7 Å². The number of nitrogens with two attached hydrogens (primary N) is 1. The summed E-state index contributed by atoms with van der Waals surface area (Å²) >= 11 is 3.56. The maximum atomic E-state index is 5.99. The van der Waals surface area contributed by atoms with E-state index < -0.39 is 0 Å². The Morgan fingerprint density at radius 3 is 2.88 bits per heavy atom. The van der Waals surface area contributed by atoms with E-state index in [9.17, 15) is 0 Å². The van der Waals surface area contributed by atoms with Crippen LogP contribution >= 0.6 is 15.9 Å². The standard InChI is InChI=1S/C14H17BrN2/c1-2-3-4-6-10-9-11-12(15)7-5-8-13(11)17-14(10)16/h5,7-9H,2-4,6H2,1H3,(H2,16,17). The number of aryl methyl sites for hydroxylation is 1. The highest BCUT2D eigenvalue weighted by molar-refractivity contribution is 9.10. The summed E-state index contributed by atoms with van der Waals surface area (Å²) < 4.78 is 1.08. The third-order valence-corrected chi connectivity index (χ3v) is 3.66. The van der Waals surface area contributed by atoms with Crippen molar-refractivity contribution >= 4 is 32.7 Å². The van der Waals surface area contributed by atoms with Gasteiger partial charge < -0.3 is 5.73 Å². The van der Waals surface area contributed by atoms with Crippen molar-refractivity contribution in [1.82, 2.24) is 4.98 Å². The van der Waals surface area contributed by atoms with Crippen LogP contribution < -0.4 is 5.73 Å². The van der Waals surface area contributed by atoms with Gasteiger partial charge in [-0.15, -0.1) is 0 Å². The first kappa shape index (κ1) is 12.4. The van der Waals surface area contributed by atoms with Gasteiger partial charge >= 0.3 is 0 Å². The smallest absolute Gasteiger partial charge is 0.127 e. The van der Waals surface area contributed by atoms with E-state index in [1.54, 1.807) is 0 Å². The van der Waals surface area contributed by atoms with Crippen molar-refractivity contribution in [3.8, 4) is 0 Å². The van der Waals surface area contributed by atoms with E-state index in [-0.39, 0.29) is 0 Å². The molecule has 2 N–H and O–H groups in total. The van der Waals surface area contributed by atoms with Crippen molar-refractivity contribution in [3.63, 3.8) is 0 Å². The van der Waals surface area contributed by atoms with Gasteiger partial charge in [-0.1, -0.05) is 41.8 Å². The Balaban J connectivity index is 2.36. The van der Waals surface area contributed by atoms with Crippen LogP contribution in [-0.2, 0) is 6.42 Å². The van der Waals surface area contributed by atoms with E-state index in [1.165, 1.54) is 19.3 Å². The molecule has 0 bridgehead atoms. The Bertz CT molecular complexity index is 523. The molecular weight excluding hydrogens is 276 g/mol. The SMILES string of the molecule is CCCCCc1cc2c(Br)cccc2nc1N. The average molecular weight is 293 g/mol. The minimum atomic E-state index is 0.673. The van der Waals surface area contributed by atoms with Crippen molar-refractivity contribution < 1.29 is 0 Å². The highest BCUT2D eigenvalue weighted by Crippen LogP contribution is 2.26. The average Bonchev–Trinajstić information content (AvgIpc) is 2.31. The number of anilines is 1. The van der Waals surface area contributed by atoms with E-state index >= 15 is 0 Å². The predicted molar refractivity (Wildman–Crippen MR) is 77.1 cm³/mol. The van der Waals surface area contributed by atoms with E-state index in [0.29, 0.717) is 5.82 Å². The van der Waals surface area contributed by atoms with Gasteiger partial charge in [-0.25, -0.2) is 4.98 Å². The first-order chi connectivity index (χ1) is 8.22. The van der Waals surface area contributed by atoms with Gasteiger partial charge in [0.2, 0.25) is 0 Å². The fourth-order valence-corrected chi connectivity index (χ4v) is 2.45. The largest absolute Gasteiger partial charge is 0.383 e. The van der Waals surface area contributed by atoms with Gasteiger partial charge in [0.05, 0.1) is 5.52 Å². The van der Waals surface area contributed by atoms with Crippen molar-refractivity contribution in [1.29, 1.82) is 0 Å². The van der Waals surface area contributed by atoms with Gasteiger partial charge in [0, 0.05) is 9.86 Å². The number of hydrogen-bond acceptors (Lipinski definition) is 2. The molecule has 0 amide bonds. The molecule has 0 radical (unpaired) electrons. The minimum absolute atomic E-state index is 0.673. The van der Waals surface area contributed by atoms with Crippen molar-refractivity contribution in [2.24, 2.45) is 0 Å². The number of fused-ring (bicyclic) bond motifs is 1. The Kier molecular flexibility index (Phi) is 4.00. The summed E-state index contributed by atoms with van der Waals surface area (Å²) in [5.74, 6) is 0.673. The highest BCUT2D eigenvalue weighted by Gasteiger charge is 2.05. The van der Waals surface area contributed by atoms with E-state index in [1.807, 2.05) is 18.2 Å². The number of aromatic nitrogens is 1. The summed E-state index contributed by atoms with van der Waals surface area (Å²) in [5.41, 5.74) is 8.11. The Hall–Kier alpha value is -1.09. The summed E-state index contributed by atoms with van der Waals surface area (Å²) in [5, 5.41) is 1.15. The Morgan fingerprint density at radius 1 is 1.29 bits per heavy atom. The fraction of sp³-hybridized carbons (Fsp3) is 0.357. The molecule has 17 heavy (non-hydrogen) atoms. The van der Waals surface area contributed by atoms with Gasteiger partial charge in [-0.05, 0) is 36.6 Å². The molecule has 0 aliphatic heterocycles. The number of halogens is 1. The zero-order valence-electron chi connectivity index (χ0n) is 10.0. The summed E-state index contributed by atoms with van der Waals surface area (Å²) in [6.45, 7) is 2.21. The molecule has 1 aromatic carbocycles. The third-order valence-electron chi connectivity index (χ3n) is 2.97. The minimum Gasteiger partial charge on any atom is -0.383 e. The third kappa shape index (κ3) is 2.78. The number of nitrogens with zero attached hydrogens (tertiary/aromatic N) is 1. The molecule has 2 aromatic rings. The molecule has 0 saturated heterocycles. The molecule has 1 aromatic heterocycles. The van der Waals surface area contributed by atoms with Crippen LogP contribution in [0.5, 0.6) is 0 Å². The maximum absolute atomic E-state index is 5.99. The normalized spacial score (nSPS) is 10.9. The lowest BCUT2D eigenvalue weighted by Gasteiger charge is -2.08. The topological polar surface area (TPSA) is 38.9 Å². The number of pyridine rings is 1. The number of benzene rings is 1. The molecule has 2 nitrogen and oxygen atoms in total. The predicted octanol–water partition coefficient (Wildman–Crippen LogP) is 4.31. The van der Waals surface area contributed by atoms with Crippen molar-refractivity contribution in [2.75, 3.05) is 5.73 Å².